The van der Waals surface area contributed by atoms with Crippen LogP contribution in [0.5, 0.6) is 0 Å². The van der Waals surface area contributed by atoms with Crippen molar-refractivity contribution in [2.75, 3.05) is 37.6 Å². The second-order valence-electron chi connectivity index (χ2n) is 7.26. The molecule has 0 amide bonds. The highest BCUT2D eigenvalue weighted by Crippen LogP contribution is 2.24. The number of aryl methyl sites for hydroxylation is 2. The van der Waals surface area contributed by atoms with Crippen LogP contribution in [0.25, 0.3) is 17.1 Å². The van der Waals surface area contributed by atoms with E-state index in [2.05, 4.69) is 63.2 Å². The first-order valence-corrected chi connectivity index (χ1v) is 9.46. The average Bonchev–Trinajstić information content (AvgIpc) is 3.03. The molecule has 140 valence electrons. The molecule has 1 aromatic carbocycles. The van der Waals surface area contributed by atoms with E-state index in [1.807, 2.05) is 24.9 Å². The van der Waals surface area contributed by atoms with E-state index < -0.39 is 0 Å². The second kappa shape index (κ2) is 7.48. The average molecular weight is 362 g/mol. The molecule has 0 N–H and O–H groups in total. The summed E-state index contributed by atoms with van der Waals surface area (Å²) in [6.45, 7) is 9.18. The molecule has 2 aromatic heterocycles. The Morgan fingerprint density at radius 1 is 1.07 bits per heavy atom. The van der Waals surface area contributed by atoms with Crippen molar-refractivity contribution in [2.45, 2.75) is 13.8 Å². The molecule has 3 aromatic rings. The molecule has 0 unspecified atom stereocenters. The number of rotatable bonds is 4. The van der Waals surface area contributed by atoms with Crippen molar-refractivity contribution >= 4 is 22.9 Å². The predicted molar refractivity (Wildman–Crippen MR) is 110 cm³/mol. The smallest absolute Gasteiger partial charge is 0.163 e. The van der Waals surface area contributed by atoms with Crippen molar-refractivity contribution in [2.24, 2.45) is 7.05 Å². The van der Waals surface area contributed by atoms with Crippen molar-refractivity contribution in [3.63, 3.8) is 0 Å². The van der Waals surface area contributed by atoms with Gasteiger partial charge in [-0.15, -0.1) is 0 Å². The number of hydrogen-bond acceptors (Lipinski definition) is 5. The first-order valence-electron chi connectivity index (χ1n) is 9.46. The summed E-state index contributed by atoms with van der Waals surface area (Å²) in [4.78, 5) is 14.1. The van der Waals surface area contributed by atoms with Crippen LogP contribution >= 0.6 is 0 Å². The lowest BCUT2D eigenvalue weighted by molar-refractivity contribution is 0.278. The molecule has 0 atom stereocenters. The molecule has 0 aliphatic carbocycles. The fourth-order valence-corrected chi connectivity index (χ4v) is 3.70. The number of anilines is 1. The van der Waals surface area contributed by atoms with E-state index in [1.165, 1.54) is 11.1 Å². The fourth-order valence-electron chi connectivity index (χ4n) is 3.70. The van der Waals surface area contributed by atoms with Crippen molar-refractivity contribution < 1.29 is 0 Å². The van der Waals surface area contributed by atoms with Crippen LogP contribution in [-0.4, -0.2) is 57.4 Å². The van der Waals surface area contributed by atoms with Crippen LogP contribution in [0.15, 0.2) is 42.1 Å². The minimum Gasteiger partial charge on any atom is -0.353 e. The molecule has 1 fully saturated rings. The van der Waals surface area contributed by atoms with E-state index in [4.69, 9.17) is 4.98 Å². The summed E-state index contributed by atoms with van der Waals surface area (Å²) in [5.41, 5.74) is 3.56. The van der Waals surface area contributed by atoms with Crippen LogP contribution in [0.3, 0.4) is 0 Å². The Labute approximate surface area is 160 Å². The van der Waals surface area contributed by atoms with Crippen LogP contribution in [0.2, 0.25) is 0 Å². The summed E-state index contributed by atoms with van der Waals surface area (Å²) >= 11 is 0. The highest BCUT2D eigenvalue weighted by atomic mass is 15.3. The number of nitrogens with zero attached hydrogens (tertiary/aromatic N) is 6. The number of hydrogen-bond donors (Lipinski definition) is 0. The molecule has 1 aliphatic heterocycles. The Morgan fingerprint density at radius 2 is 1.81 bits per heavy atom. The lowest BCUT2D eigenvalue weighted by Crippen LogP contribution is -2.47. The van der Waals surface area contributed by atoms with Gasteiger partial charge in [-0.05, 0) is 19.4 Å². The third-order valence-electron chi connectivity index (χ3n) is 5.04. The predicted octanol–water partition coefficient (Wildman–Crippen LogP) is 2.90. The fraction of sp³-hybridized carbons (Fsp3) is 0.381. The van der Waals surface area contributed by atoms with E-state index in [0.717, 1.165) is 55.4 Å². The minimum absolute atomic E-state index is 0.796. The lowest BCUT2D eigenvalue weighted by Gasteiger charge is -2.35. The zero-order valence-corrected chi connectivity index (χ0v) is 16.3. The number of fused-ring (bicyclic) bond motifs is 1. The maximum Gasteiger partial charge on any atom is 0.163 e. The number of benzene rings is 1. The molecule has 0 bridgehead atoms. The van der Waals surface area contributed by atoms with Gasteiger partial charge in [-0.25, -0.2) is 9.97 Å². The summed E-state index contributed by atoms with van der Waals surface area (Å²) in [5, 5.41) is 5.39. The van der Waals surface area contributed by atoms with Gasteiger partial charge in [0.25, 0.3) is 0 Å². The van der Waals surface area contributed by atoms with E-state index >= 15 is 0 Å². The zero-order chi connectivity index (χ0) is 18.8. The molecule has 6 nitrogen and oxygen atoms in total. The van der Waals surface area contributed by atoms with Crippen molar-refractivity contribution in [1.82, 2.24) is 24.6 Å². The first-order chi connectivity index (χ1) is 13.1. The van der Waals surface area contributed by atoms with Gasteiger partial charge in [-0.1, -0.05) is 42.0 Å². The Kier molecular flexibility index (Phi) is 4.90. The Hall–Kier alpha value is -2.73. The maximum absolute atomic E-state index is 4.71. The van der Waals surface area contributed by atoms with E-state index in [0.29, 0.717) is 0 Å². The standard InChI is InChI=1S/C21H26N6/c1-16(13-18-7-5-4-6-8-18)15-26-9-11-27(12-10-26)21-19-14-22-25(3)20(19)23-17(2)24-21/h4-8,13-14H,9-12,15H2,1-3H3/b16-13+. The van der Waals surface area contributed by atoms with Crippen molar-refractivity contribution in [3.05, 3.63) is 53.5 Å². The van der Waals surface area contributed by atoms with Gasteiger partial charge in [0.05, 0.1) is 11.6 Å². The Morgan fingerprint density at radius 3 is 2.56 bits per heavy atom. The molecule has 0 radical (unpaired) electrons. The van der Waals surface area contributed by atoms with Gasteiger partial charge < -0.3 is 4.90 Å². The normalized spacial score (nSPS) is 16.3. The summed E-state index contributed by atoms with van der Waals surface area (Å²) in [5.74, 6) is 1.81. The highest BCUT2D eigenvalue weighted by molar-refractivity contribution is 5.87. The summed E-state index contributed by atoms with van der Waals surface area (Å²) in [6.07, 6.45) is 4.16. The molecular formula is C21H26N6. The molecule has 4 rings (SSSR count). The Bertz CT molecular complexity index is 951. The number of aromatic nitrogens is 4. The maximum atomic E-state index is 4.71. The largest absolute Gasteiger partial charge is 0.353 e. The molecule has 0 saturated carbocycles. The second-order valence-corrected chi connectivity index (χ2v) is 7.26. The van der Waals surface area contributed by atoms with E-state index in [-0.39, 0.29) is 0 Å². The highest BCUT2D eigenvalue weighted by Gasteiger charge is 2.21. The zero-order valence-electron chi connectivity index (χ0n) is 16.3. The van der Waals surface area contributed by atoms with Crippen LogP contribution < -0.4 is 4.90 Å². The van der Waals surface area contributed by atoms with Gasteiger partial charge in [0.2, 0.25) is 0 Å². The van der Waals surface area contributed by atoms with Crippen LogP contribution in [0.1, 0.15) is 18.3 Å². The third kappa shape index (κ3) is 3.85. The quantitative estimate of drug-likeness (QED) is 0.714. The summed E-state index contributed by atoms with van der Waals surface area (Å²) < 4.78 is 1.82. The Balaban J connectivity index is 1.43. The van der Waals surface area contributed by atoms with Gasteiger partial charge in [0.1, 0.15) is 11.6 Å². The first kappa shape index (κ1) is 17.7. The SMILES string of the molecule is C/C(=C\c1ccccc1)CN1CCN(c2nc(C)nc3c2cnn3C)CC1. The van der Waals surface area contributed by atoms with Gasteiger partial charge in [-0.3, -0.25) is 9.58 Å². The molecule has 27 heavy (non-hydrogen) atoms. The monoisotopic (exact) mass is 362 g/mol. The lowest BCUT2D eigenvalue weighted by atomic mass is 10.1. The van der Waals surface area contributed by atoms with Crippen LogP contribution in [0.4, 0.5) is 5.82 Å². The van der Waals surface area contributed by atoms with Crippen molar-refractivity contribution in [1.29, 1.82) is 0 Å². The summed E-state index contributed by atoms with van der Waals surface area (Å²) in [7, 11) is 1.93. The van der Waals surface area contributed by atoms with Crippen LogP contribution in [0, 0.1) is 6.92 Å². The molecule has 6 heteroatoms. The summed E-state index contributed by atoms with van der Waals surface area (Å²) in [6, 6.07) is 10.5. The number of piperazine rings is 1. The molecule has 0 spiro atoms. The molecule has 1 saturated heterocycles. The topological polar surface area (TPSA) is 50.1 Å². The van der Waals surface area contributed by atoms with E-state index in [9.17, 15) is 0 Å². The van der Waals surface area contributed by atoms with Gasteiger partial charge in [0.15, 0.2) is 5.65 Å². The van der Waals surface area contributed by atoms with Gasteiger partial charge in [0, 0.05) is 39.8 Å². The van der Waals surface area contributed by atoms with Crippen LogP contribution in [-0.2, 0) is 7.05 Å². The van der Waals surface area contributed by atoms with E-state index in [1.54, 1.807) is 0 Å². The van der Waals surface area contributed by atoms with Crippen molar-refractivity contribution in [3.8, 4) is 0 Å². The molecule has 3 heterocycles. The minimum atomic E-state index is 0.796. The molecule has 1 aliphatic rings. The van der Waals surface area contributed by atoms with Gasteiger partial charge >= 0.3 is 0 Å². The third-order valence-corrected chi connectivity index (χ3v) is 5.04. The molecular weight excluding hydrogens is 336 g/mol. The van der Waals surface area contributed by atoms with Gasteiger partial charge in [-0.2, -0.15) is 5.10 Å².